The van der Waals surface area contributed by atoms with E-state index in [1.165, 1.54) is 0 Å². The second-order valence-electron chi connectivity index (χ2n) is 7.39. The maximum absolute atomic E-state index is 12.5. The maximum Gasteiger partial charge on any atom is 0.279 e. The van der Waals surface area contributed by atoms with Crippen molar-refractivity contribution >= 4 is 33.9 Å². The Morgan fingerprint density at radius 2 is 1.79 bits per heavy atom. The van der Waals surface area contributed by atoms with Gasteiger partial charge in [-0.15, -0.1) is 11.3 Å². The zero-order chi connectivity index (χ0) is 23.2. The Hall–Kier alpha value is -3.91. The van der Waals surface area contributed by atoms with E-state index in [0.717, 1.165) is 21.5 Å². The predicted octanol–water partition coefficient (Wildman–Crippen LogP) is 4.41. The molecule has 1 heterocycles. The average Bonchev–Trinajstić information content (AvgIpc) is 3.26. The normalized spacial score (nSPS) is 11.6. The third-order valence-electron chi connectivity index (χ3n) is 4.85. The van der Waals surface area contributed by atoms with Gasteiger partial charge < -0.3 is 9.47 Å². The molecule has 0 fully saturated rings. The van der Waals surface area contributed by atoms with Crippen LogP contribution < -0.4 is 20.3 Å². The van der Waals surface area contributed by atoms with Gasteiger partial charge in [0.25, 0.3) is 11.8 Å². The number of aryl methyl sites for hydroxylation is 1. The van der Waals surface area contributed by atoms with E-state index in [9.17, 15) is 9.59 Å². The average molecular weight is 462 g/mol. The molecule has 2 amide bonds. The van der Waals surface area contributed by atoms with Gasteiger partial charge in [-0.1, -0.05) is 36.4 Å². The molecule has 0 bridgehead atoms. The predicted molar refractivity (Wildman–Crippen MR) is 127 cm³/mol. The van der Waals surface area contributed by atoms with Gasteiger partial charge >= 0.3 is 0 Å². The van der Waals surface area contributed by atoms with Crippen molar-refractivity contribution in [2.45, 2.75) is 26.6 Å². The minimum absolute atomic E-state index is 0.315. The lowest BCUT2D eigenvalue weighted by Gasteiger charge is -2.15. The van der Waals surface area contributed by atoms with Crippen molar-refractivity contribution in [3.05, 3.63) is 88.4 Å². The maximum atomic E-state index is 12.5. The van der Waals surface area contributed by atoms with Crippen molar-refractivity contribution in [2.75, 3.05) is 0 Å². The smallest absolute Gasteiger partial charge is 0.279 e. The quantitative estimate of drug-likeness (QED) is 0.398. The number of nitrogens with one attached hydrogen (secondary N) is 2. The van der Waals surface area contributed by atoms with E-state index in [1.807, 2.05) is 54.8 Å². The summed E-state index contributed by atoms with van der Waals surface area (Å²) in [4.78, 5) is 29.2. The monoisotopic (exact) mass is 461 g/mol. The summed E-state index contributed by atoms with van der Waals surface area (Å²) in [6, 6.07) is 20.2. The minimum atomic E-state index is -0.803. The number of benzene rings is 3. The summed E-state index contributed by atoms with van der Waals surface area (Å²) in [7, 11) is 0. The summed E-state index contributed by atoms with van der Waals surface area (Å²) in [6.07, 6.45) is -0.803. The Morgan fingerprint density at radius 3 is 2.58 bits per heavy atom. The highest BCUT2D eigenvalue weighted by molar-refractivity contribution is 7.09. The van der Waals surface area contributed by atoms with E-state index in [1.54, 1.807) is 42.5 Å². The molecule has 0 aliphatic heterocycles. The number of fused-ring (bicyclic) bond motifs is 1. The van der Waals surface area contributed by atoms with Crippen LogP contribution in [0.15, 0.2) is 72.1 Å². The van der Waals surface area contributed by atoms with Gasteiger partial charge in [0.15, 0.2) is 6.10 Å². The lowest BCUT2D eigenvalue weighted by molar-refractivity contribution is -0.128. The first-order valence-corrected chi connectivity index (χ1v) is 11.3. The first kappa shape index (κ1) is 22.3. The molecular weight excluding hydrogens is 438 g/mol. The summed E-state index contributed by atoms with van der Waals surface area (Å²) in [6.45, 7) is 3.86. The molecule has 4 aromatic rings. The lowest BCUT2D eigenvalue weighted by Crippen LogP contribution is -2.47. The second-order valence-corrected chi connectivity index (χ2v) is 8.45. The fraction of sp³-hybridized carbons (Fsp3) is 0.160. The lowest BCUT2D eigenvalue weighted by atomic mass is 10.1. The van der Waals surface area contributed by atoms with Crippen molar-refractivity contribution in [2.24, 2.45) is 0 Å². The van der Waals surface area contributed by atoms with E-state index in [-0.39, 0.29) is 0 Å². The molecule has 0 spiro atoms. The Labute approximate surface area is 195 Å². The molecule has 1 atom stereocenters. The third-order valence-corrected chi connectivity index (χ3v) is 5.67. The zero-order valence-corrected chi connectivity index (χ0v) is 19.0. The Balaban J connectivity index is 1.29. The first-order chi connectivity index (χ1) is 16.0. The topological polar surface area (TPSA) is 89.5 Å². The fourth-order valence-corrected chi connectivity index (χ4v) is 3.75. The summed E-state index contributed by atoms with van der Waals surface area (Å²) in [5, 5.41) is 5.00. The van der Waals surface area contributed by atoms with E-state index < -0.39 is 17.9 Å². The number of rotatable bonds is 7. The fourth-order valence-electron chi connectivity index (χ4n) is 3.15. The Bertz CT molecular complexity index is 1290. The molecule has 1 unspecified atom stereocenters. The number of nitrogens with zero attached hydrogens (tertiary/aromatic N) is 1. The van der Waals surface area contributed by atoms with Crippen molar-refractivity contribution in [1.29, 1.82) is 0 Å². The van der Waals surface area contributed by atoms with Crippen LogP contribution in [0.2, 0.25) is 0 Å². The van der Waals surface area contributed by atoms with Gasteiger partial charge in [-0.3, -0.25) is 20.4 Å². The van der Waals surface area contributed by atoms with Crippen LogP contribution in [-0.2, 0) is 11.4 Å². The molecule has 1 aromatic heterocycles. The van der Waals surface area contributed by atoms with Crippen LogP contribution in [0.25, 0.3) is 10.8 Å². The van der Waals surface area contributed by atoms with Crippen LogP contribution in [0.4, 0.5) is 0 Å². The number of carbonyl (C=O) groups is 2. The van der Waals surface area contributed by atoms with E-state index in [2.05, 4.69) is 15.8 Å². The van der Waals surface area contributed by atoms with Crippen LogP contribution in [0, 0.1) is 6.92 Å². The summed E-state index contributed by atoms with van der Waals surface area (Å²) in [5.74, 6) is 0.175. The van der Waals surface area contributed by atoms with Crippen LogP contribution in [-0.4, -0.2) is 22.9 Å². The molecule has 0 aliphatic rings. The van der Waals surface area contributed by atoms with Gasteiger partial charge in [-0.2, -0.15) is 0 Å². The molecule has 8 heteroatoms. The number of hydrogen-bond acceptors (Lipinski definition) is 6. The summed E-state index contributed by atoms with van der Waals surface area (Å²) < 4.78 is 11.4. The van der Waals surface area contributed by atoms with Gasteiger partial charge in [0, 0.05) is 10.9 Å². The summed E-state index contributed by atoms with van der Waals surface area (Å²) in [5.41, 5.74) is 6.01. The number of carbonyl (C=O) groups excluding carboxylic acids is 2. The standard InChI is InChI=1S/C25H23N3O4S/c1-16(32-23-11-10-18-6-3-4-7-19(18)12-23)24(29)27-28-25(30)20-8-5-9-22(13-20)31-14-21-15-33-17(2)26-21/h3-13,15-16H,14H2,1-2H3,(H,27,29)(H,28,30). The molecule has 4 rings (SSSR count). The molecule has 3 aromatic carbocycles. The van der Waals surface area contributed by atoms with E-state index in [0.29, 0.717) is 23.7 Å². The zero-order valence-electron chi connectivity index (χ0n) is 18.2. The van der Waals surface area contributed by atoms with Crippen molar-refractivity contribution in [3.8, 4) is 11.5 Å². The highest BCUT2D eigenvalue weighted by Crippen LogP contribution is 2.21. The van der Waals surface area contributed by atoms with Gasteiger partial charge in [0.1, 0.15) is 18.1 Å². The molecule has 0 radical (unpaired) electrons. The molecule has 0 saturated carbocycles. The molecule has 168 valence electrons. The third kappa shape index (κ3) is 5.87. The number of hydrogen-bond donors (Lipinski definition) is 2. The molecule has 0 saturated heterocycles. The highest BCUT2D eigenvalue weighted by atomic mass is 32.1. The van der Waals surface area contributed by atoms with Crippen molar-refractivity contribution in [3.63, 3.8) is 0 Å². The van der Waals surface area contributed by atoms with Gasteiger partial charge in [-0.25, -0.2) is 4.98 Å². The Kier molecular flexibility index (Phi) is 6.85. The van der Waals surface area contributed by atoms with Crippen molar-refractivity contribution < 1.29 is 19.1 Å². The van der Waals surface area contributed by atoms with Gasteiger partial charge in [0.2, 0.25) is 0 Å². The van der Waals surface area contributed by atoms with Crippen LogP contribution in [0.1, 0.15) is 28.0 Å². The van der Waals surface area contributed by atoms with Crippen LogP contribution in [0.5, 0.6) is 11.5 Å². The highest BCUT2D eigenvalue weighted by Gasteiger charge is 2.16. The van der Waals surface area contributed by atoms with Gasteiger partial charge in [-0.05, 0) is 55.0 Å². The van der Waals surface area contributed by atoms with E-state index >= 15 is 0 Å². The minimum Gasteiger partial charge on any atom is -0.487 e. The molecular formula is C25H23N3O4S. The number of ether oxygens (including phenoxy) is 2. The van der Waals surface area contributed by atoms with Crippen molar-refractivity contribution in [1.82, 2.24) is 15.8 Å². The van der Waals surface area contributed by atoms with Crippen LogP contribution >= 0.6 is 11.3 Å². The number of amides is 2. The van der Waals surface area contributed by atoms with E-state index in [4.69, 9.17) is 9.47 Å². The molecule has 7 nitrogen and oxygen atoms in total. The number of aromatic nitrogens is 1. The molecule has 2 N–H and O–H groups in total. The molecule has 33 heavy (non-hydrogen) atoms. The van der Waals surface area contributed by atoms with Gasteiger partial charge in [0.05, 0.1) is 10.7 Å². The number of thiazole rings is 1. The second kappa shape index (κ2) is 10.1. The summed E-state index contributed by atoms with van der Waals surface area (Å²) >= 11 is 1.55. The largest absolute Gasteiger partial charge is 0.487 e. The number of hydrazine groups is 1. The Morgan fingerprint density at radius 1 is 0.970 bits per heavy atom. The van der Waals surface area contributed by atoms with Crippen LogP contribution in [0.3, 0.4) is 0 Å². The first-order valence-electron chi connectivity index (χ1n) is 10.4. The SMILES string of the molecule is Cc1nc(COc2cccc(C(=O)NNC(=O)C(C)Oc3ccc4ccccc4c3)c2)cs1. The molecule has 0 aliphatic carbocycles.